The smallest absolute Gasteiger partial charge is 0.123 e. The molecule has 0 radical (unpaired) electrons. The van der Waals surface area contributed by atoms with E-state index in [1.54, 1.807) is 0 Å². The lowest BCUT2D eigenvalue weighted by Crippen LogP contribution is -2.14. The summed E-state index contributed by atoms with van der Waals surface area (Å²) in [4.78, 5) is 8.00. The van der Waals surface area contributed by atoms with Gasteiger partial charge in [-0.15, -0.1) is 12.4 Å². The van der Waals surface area contributed by atoms with Gasteiger partial charge in [-0.25, -0.2) is 4.98 Å². The quantitative estimate of drug-likeness (QED) is 0.617. The number of benzene rings is 2. The van der Waals surface area contributed by atoms with E-state index in [-0.39, 0.29) is 12.4 Å². The number of rotatable bonds is 3. The van der Waals surface area contributed by atoms with Crippen molar-refractivity contribution in [1.82, 2.24) is 15.3 Å². The maximum Gasteiger partial charge on any atom is 0.123 e. The molecular weight excluding hydrogens is 386 g/mol. The van der Waals surface area contributed by atoms with Gasteiger partial charge in [0, 0.05) is 4.47 Å². The zero-order valence-electron chi connectivity index (χ0n) is 13.1. The van der Waals surface area contributed by atoms with Crippen LogP contribution in [0.1, 0.15) is 24.7 Å². The average Bonchev–Trinajstić information content (AvgIpc) is 3.27. The Balaban J connectivity index is 0.00000169. The number of aromatic amines is 1. The highest BCUT2D eigenvalue weighted by Gasteiger charge is 2.19. The van der Waals surface area contributed by atoms with Gasteiger partial charge < -0.3 is 10.3 Å². The van der Waals surface area contributed by atoms with Crippen LogP contribution in [0, 0.1) is 0 Å². The van der Waals surface area contributed by atoms with Crippen LogP contribution >= 0.6 is 28.3 Å². The second-order valence-electron chi connectivity index (χ2n) is 5.92. The van der Waals surface area contributed by atoms with Gasteiger partial charge in [0.15, 0.2) is 0 Å². The molecule has 4 rings (SSSR count). The Morgan fingerprint density at radius 3 is 2.17 bits per heavy atom. The minimum absolute atomic E-state index is 0. The summed E-state index contributed by atoms with van der Waals surface area (Å²) in [6.45, 7) is 1.09. The highest BCUT2D eigenvalue weighted by molar-refractivity contribution is 9.10. The van der Waals surface area contributed by atoms with Crippen molar-refractivity contribution in [3.05, 3.63) is 65.0 Å². The van der Waals surface area contributed by atoms with E-state index in [9.17, 15) is 0 Å². The number of nitrogens with zero attached hydrogens (tertiary/aromatic N) is 1. The number of imidazole rings is 1. The lowest BCUT2D eigenvalue weighted by molar-refractivity contribution is 0.613. The molecule has 5 heteroatoms. The van der Waals surface area contributed by atoms with Crippen molar-refractivity contribution < 1.29 is 0 Å². The Kier molecular flexibility index (Phi) is 5.39. The van der Waals surface area contributed by atoms with Crippen LogP contribution in [-0.4, -0.2) is 16.5 Å². The van der Waals surface area contributed by atoms with Crippen LogP contribution in [0.2, 0.25) is 0 Å². The minimum Gasteiger partial charge on any atom is -0.341 e. The number of halogens is 2. The van der Waals surface area contributed by atoms with Gasteiger partial charge in [0.2, 0.25) is 0 Å². The third-order valence-corrected chi connectivity index (χ3v) is 4.89. The molecule has 0 unspecified atom stereocenters. The van der Waals surface area contributed by atoms with Crippen molar-refractivity contribution in [2.45, 2.75) is 18.9 Å². The third-order valence-electron chi connectivity index (χ3n) is 4.36. The van der Waals surface area contributed by atoms with Crippen molar-refractivity contribution in [2.75, 3.05) is 6.54 Å². The lowest BCUT2D eigenvalue weighted by atomic mass is 10.0. The van der Waals surface area contributed by atoms with Crippen molar-refractivity contribution in [1.29, 1.82) is 0 Å². The van der Waals surface area contributed by atoms with E-state index in [0.29, 0.717) is 6.04 Å². The molecule has 0 aliphatic carbocycles. The molecule has 1 aliphatic rings. The molecule has 124 valence electrons. The molecule has 0 saturated carbocycles. The van der Waals surface area contributed by atoms with Crippen LogP contribution in [0.5, 0.6) is 0 Å². The Bertz CT molecular complexity index is 790. The summed E-state index contributed by atoms with van der Waals surface area (Å²) >= 11 is 3.47. The summed E-state index contributed by atoms with van der Waals surface area (Å²) in [6, 6.07) is 17.4. The molecular formula is C19H19BrClN3. The molecule has 0 spiro atoms. The topological polar surface area (TPSA) is 40.7 Å². The van der Waals surface area contributed by atoms with E-state index in [1.807, 2.05) is 6.20 Å². The lowest BCUT2D eigenvalue weighted by Gasteiger charge is -2.06. The summed E-state index contributed by atoms with van der Waals surface area (Å²) < 4.78 is 1.10. The van der Waals surface area contributed by atoms with Gasteiger partial charge in [-0.2, -0.15) is 0 Å². The van der Waals surface area contributed by atoms with Crippen molar-refractivity contribution in [3.63, 3.8) is 0 Å². The molecule has 3 aromatic rings. The van der Waals surface area contributed by atoms with E-state index >= 15 is 0 Å². The molecule has 2 N–H and O–H groups in total. The summed E-state index contributed by atoms with van der Waals surface area (Å²) in [7, 11) is 0. The zero-order chi connectivity index (χ0) is 15.6. The summed E-state index contributed by atoms with van der Waals surface area (Å²) in [6.07, 6.45) is 4.32. The molecule has 2 heterocycles. The molecule has 24 heavy (non-hydrogen) atoms. The van der Waals surface area contributed by atoms with Crippen molar-refractivity contribution >= 4 is 28.3 Å². The number of H-pyrrole nitrogens is 1. The first-order valence-corrected chi connectivity index (χ1v) is 8.73. The number of aromatic nitrogens is 2. The Morgan fingerprint density at radius 2 is 1.54 bits per heavy atom. The normalized spacial score (nSPS) is 16.8. The van der Waals surface area contributed by atoms with Crippen LogP contribution in [0.15, 0.2) is 59.2 Å². The third kappa shape index (κ3) is 3.56. The Morgan fingerprint density at radius 1 is 0.917 bits per heavy atom. The molecule has 3 nitrogen and oxygen atoms in total. The highest BCUT2D eigenvalue weighted by Crippen LogP contribution is 2.27. The van der Waals surface area contributed by atoms with Crippen LogP contribution in [-0.2, 0) is 0 Å². The predicted octanol–water partition coefficient (Wildman–Crippen LogP) is 5.35. The Hall–Kier alpha value is -1.62. The van der Waals surface area contributed by atoms with Crippen molar-refractivity contribution in [2.24, 2.45) is 0 Å². The summed E-state index contributed by atoms with van der Waals surface area (Å²) in [5.41, 5.74) is 4.69. The fourth-order valence-corrected chi connectivity index (χ4v) is 3.33. The second-order valence-corrected chi connectivity index (χ2v) is 6.83. The van der Waals surface area contributed by atoms with Crippen LogP contribution in [0.4, 0.5) is 0 Å². The summed E-state index contributed by atoms with van der Waals surface area (Å²) in [5.74, 6) is 1.05. The number of nitrogens with one attached hydrogen (secondary N) is 2. The van der Waals surface area contributed by atoms with Gasteiger partial charge in [-0.3, -0.25) is 0 Å². The minimum atomic E-state index is 0. The van der Waals surface area contributed by atoms with Gasteiger partial charge in [-0.1, -0.05) is 52.3 Å². The van der Waals surface area contributed by atoms with Gasteiger partial charge in [-0.05, 0) is 48.2 Å². The van der Waals surface area contributed by atoms with Gasteiger partial charge in [0.1, 0.15) is 5.82 Å². The first-order chi connectivity index (χ1) is 11.3. The maximum atomic E-state index is 4.54. The van der Waals surface area contributed by atoms with E-state index < -0.39 is 0 Å². The molecule has 0 bridgehead atoms. The molecule has 1 fully saturated rings. The fourth-order valence-electron chi connectivity index (χ4n) is 3.06. The molecule has 1 atom stereocenters. The Labute approximate surface area is 156 Å². The van der Waals surface area contributed by atoms with Crippen LogP contribution in [0.25, 0.3) is 22.4 Å². The van der Waals surface area contributed by atoms with Crippen LogP contribution < -0.4 is 5.32 Å². The maximum absolute atomic E-state index is 4.54. The van der Waals surface area contributed by atoms with E-state index in [4.69, 9.17) is 0 Å². The SMILES string of the molecule is Brc1ccc(-c2ccc(-c3cnc([C@@H]4CCCN4)[nH]3)cc2)cc1.Cl. The molecule has 2 aromatic carbocycles. The van der Waals surface area contributed by atoms with Gasteiger partial charge in [0.05, 0.1) is 17.9 Å². The monoisotopic (exact) mass is 403 g/mol. The molecule has 1 aromatic heterocycles. The molecule has 1 saturated heterocycles. The van der Waals surface area contributed by atoms with Gasteiger partial charge in [0.25, 0.3) is 0 Å². The second kappa shape index (κ2) is 7.51. The van der Waals surface area contributed by atoms with E-state index in [2.05, 4.69) is 79.7 Å². The summed E-state index contributed by atoms with van der Waals surface area (Å²) in [5, 5.41) is 3.48. The highest BCUT2D eigenvalue weighted by atomic mass is 79.9. The standard InChI is InChI=1S/C19H18BrN3.ClH/c20-16-9-7-14(8-10-16)13-3-5-15(6-4-13)18-12-22-19(23-18)17-2-1-11-21-17;/h3-10,12,17,21H,1-2,11H2,(H,22,23);1H/t17-;/m0./s1. The first kappa shape index (κ1) is 17.2. The molecule has 1 aliphatic heterocycles. The average molecular weight is 405 g/mol. The van der Waals surface area contributed by atoms with Crippen LogP contribution in [0.3, 0.4) is 0 Å². The number of hydrogen-bond acceptors (Lipinski definition) is 2. The predicted molar refractivity (Wildman–Crippen MR) is 104 cm³/mol. The fraction of sp³-hybridized carbons (Fsp3) is 0.211. The van der Waals surface area contributed by atoms with Crippen molar-refractivity contribution in [3.8, 4) is 22.4 Å². The molecule has 0 amide bonds. The van der Waals surface area contributed by atoms with E-state index in [1.165, 1.54) is 23.1 Å². The van der Waals surface area contributed by atoms with E-state index in [0.717, 1.165) is 29.0 Å². The zero-order valence-corrected chi connectivity index (χ0v) is 15.5. The largest absolute Gasteiger partial charge is 0.341 e. The van der Waals surface area contributed by atoms with Gasteiger partial charge >= 0.3 is 0 Å². The first-order valence-electron chi connectivity index (χ1n) is 7.94. The number of hydrogen-bond donors (Lipinski definition) is 2.